The van der Waals surface area contributed by atoms with Crippen LogP contribution in [0.2, 0.25) is 0 Å². The van der Waals surface area contributed by atoms with Gasteiger partial charge < -0.3 is 10.6 Å². The van der Waals surface area contributed by atoms with Crippen molar-refractivity contribution in [3.05, 3.63) is 0 Å². The standard InChI is InChI=1S/C13H20F2N2O/c14-13(15)5-7-17(8-6-13)10(18)11-1-3-12(16,9-11)4-2-11/h1-9,16H2. The van der Waals surface area contributed by atoms with E-state index in [0.29, 0.717) is 0 Å². The highest BCUT2D eigenvalue weighted by Gasteiger charge is 2.57. The summed E-state index contributed by atoms with van der Waals surface area (Å²) >= 11 is 0. The van der Waals surface area contributed by atoms with E-state index in [1.165, 1.54) is 0 Å². The molecule has 3 nitrogen and oxygen atoms in total. The molecule has 0 spiro atoms. The van der Waals surface area contributed by atoms with Gasteiger partial charge in [-0.05, 0) is 32.1 Å². The summed E-state index contributed by atoms with van der Waals surface area (Å²) in [5.41, 5.74) is 5.73. The number of carbonyl (C=O) groups excluding carboxylic acids is 1. The van der Waals surface area contributed by atoms with Crippen molar-refractivity contribution >= 4 is 5.91 Å². The van der Waals surface area contributed by atoms with Crippen LogP contribution < -0.4 is 5.73 Å². The second-order valence-electron chi connectivity index (χ2n) is 6.47. The van der Waals surface area contributed by atoms with Gasteiger partial charge in [0.25, 0.3) is 5.92 Å². The molecule has 0 aromatic carbocycles. The topological polar surface area (TPSA) is 46.3 Å². The third-order valence-electron chi connectivity index (χ3n) is 5.13. The quantitative estimate of drug-likeness (QED) is 0.781. The number of rotatable bonds is 1. The van der Waals surface area contributed by atoms with Gasteiger partial charge in [-0.1, -0.05) is 0 Å². The first-order valence-corrected chi connectivity index (χ1v) is 6.81. The smallest absolute Gasteiger partial charge is 0.251 e. The van der Waals surface area contributed by atoms with Gasteiger partial charge in [0.15, 0.2) is 0 Å². The molecule has 102 valence electrons. The Hall–Kier alpha value is -0.710. The highest BCUT2D eigenvalue weighted by molar-refractivity contribution is 5.84. The molecule has 5 heteroatoms. The lowest BCUT2D eigenvalue weighted by Crippen LogP contribution is -2.48. The first-order valence-electron chi connectivity index (χ1n) is 6.81. The average molecular weight is 258 g/mol. The lowest BCUT2D eigenvalue weighted by molar-refractivity contribution is -0.147. The first kappa shape index (κ1) is 12.3. The van der Waals surface area contributed by atoms with E-state index in [2.05, 4.69) is 0 Å². The Kier molecular flexibility index (Phi) is 2.50. The number of alkyl halides is 2. The SMILES string of the molecule is NC12CCC(C(=O)N3CCC(F)(F)CC3)(CC1)C2. The van der Waals surface area contributed by atoms with Crippen molar-refractivity contribution in [2.75, 3.05) is 13.1 Å². The molecule has 1 aliphatic heterocycles. The minimum absolute atomic E-state index is 0.0859. The van der Waals surface area contributed by atoms with E-state index < -0.39 is 5.92 Å². The van der Waals surface area contributed by atoms with Crippen LogP contribution in [0.3, 0.4) is 0 Å². The number of hydrogen-bond acceptors (Lipinski definition) is 2. The maximum absolute atomic E-state index is 13.1. The van der Waals surface area contributed by atoms with Gasteiger partial charge in [-0.3, -0.25) is 4.79 Å². The Labute approximate surface area is 106 Å². The normalized spacial score (nSPS) is 42.3. The van der Waals surface area contributed by atoms with Crippen molar-refractivity contribution in [3.8, 4) is 0 Å². The summed E-state index contributed by atoms with van der Waals surface area (Å²) in [7, 11) is 0. The average Bonchev–Trinajstić information content (AvgIpc) is 2.83. The molecule has 0 radical (unpaired) electrons. The Balaban J connectivity index is 1.69. The molecule has 2 saturated carbocycles. The molecule has 1 saturated heterocycles. The molecule has 0 unspecified atom stereocenters. The first-order chi connectivity index (χ1) is 8.34. The van der Waals surface area contributed by atoms with Crippen LogP contribution in [-0.4, -0.2) is 35.4 Å². The number of nitrogens with zero attached hydrogens (tertiary/aromatic N) is 1. The second-order valence-corrected chi connectivity index (χ2v) is 6.47. The molecule has 3 rings (SSSR count). The number of likely N-dealkylation sites (tertiary alicyclic amines) is 1. The van der Waals surface area contributed by atoms with Gasteiger partial charge in [0.1, 0.15) is 0 Å². The van der Waals surface area contributed by atoms with E-state index in [1.807, 2.05) is 0 Å². The van der Waals surface area contributed by atoms with E-state index in [1.54, 1.807) is 4.90 Å². The van der Waals surface area contributed by atoms with Crippen molar-refractivity contribution in [2.24, 2.45) is 11.1 Å². The van der Waals surface area contributed by atoms with Gasteiger partial charge >= 0.3 is 0 Å². The van der Waals surface area contributed by atoms with Crippen LogP contribution in [0.4, 0.5) is 8.78 Å². The van der Waals surface area contributed by atoms with E-state index in [-0.39, 0.29) is 42.8 Å². The Morgan fingerprint density at radius 2 is 1.56 bits per heavy atom. The summed E-state index contributed by atoms with van der Waals surface area (Å²) in [6.45, 7) is 0.399. The van der Waals surface area contributed by atoms with Crippen LogP contribution in [0.25, 0.3) is 0 Å². The number of halogens is 2. The number of nitrogens with two attached hydrogens (primary N) is 1. The summed E-state index contributed by atoms with van der Waals surface area (Å²) < 4.78 is 26.2. The lowest BCUT2D eigenvalue weighted by atomic mass is 9.82. The van der Waals surface area contributed by atoms with Gasteiger partial charge in [-0.15, -0.1) is 0 Å². The van der Waals surface area contributed by atoms with Crippen molar-refractivity contribution in [3.63, 3.8) is 0 Å². The molecule has 2 aliphatic carbocycles. The molecule has 0 atom stereocenters. The largest absolute Gasteiger partial charge is 0.342 e. The van der Waals surface area contributed by atoms with E-state index >= 15 is 0 Å². The number of amides is 1. The van der Waals surface area contributed by atoms with Crippen molar-refractivity contribution in [2.45, 2.75) is 56.4 Å². The lowest BCUT2D eigenvalue weighted by Gasteiger charge is -2.37. The maximum Gasteiger partial charge on any atom is 0.251 e. The molecule has 3 aliphatic rings. The molecule has 1 amide bonds. The molecule has 0 aromatic rings. The fourth-order valence-corrected chi connectivity index (χ4v) is 3.92. The molecule has 2 N–H and O–H groups in total. The Morgan fingerprint density at radius 1 is 1.00 bits per heavy atom. The molecule has 2 bridgehead atoms. The van der Waals surface area contributed by atoms with Crippen molar-refractivity contribution in [1.29, 1.82) is 0 Å². The van der Waals surface area contributed by atoms with Crippen LogP contribution in [-0.2, 0) is 4.79 Å². The summed E-state index contributed by atoms with van der Waals surface area (Å²) in [6, 6.07) is 0. The minimum Gasteiger partial charge on any atom is -0.342 e. The molecule has 3 fully saturated rings. The Morgan fingerprint density at radius 3 is 2.00 bits per heavy atom. The highest BCUT2D eigenvalue weighted by atomic mass is 19.3. The molecular weight excluding hydrogens is 238 g/mol. The molecular formula is C13H20F2N2O. The van der Waals surface area contributed by atoms with Crippen LogP contribution in [0.5, 0.6) is 0 Å². The zero-order valence-corrected chi connectivity index (χ0v) is 10.6. The summed E-state index contributed by atoms with van der Waals surface area (Å²) in [5, 5.41) is 0. The van der Waals surface area contributed by atoms with Crippen molar-refractivity contribution in [1.82, 2.24) is 4.90 Å². The molecule has 0 aromatic heterocycles. The zero-order chi connectivity index (χ0) is 13.0. The van der Waals surface area contributed by atoms with Crippen LogP contribution in [0.15, 0.2) is 0 Å². The summed E-state index contributed by atoms with van der Waals surface area (Å²) in [5.74, 6) is -2.50. The predicted octanol–water partition coefficient (Wildman–Crippen LogP) is 1.91. The van der Waals surface area contributed by atoms with Gasteiger partial charge in [-0.2, -0.15) is 0 Å². The fraction of sp³-hybridized carbons (Fsp3) is 0.923. The third kappa shape index (κ3) is 1.83. The van der Waals surface area contributed by atoms with Gasteiger partial charge in [0.05, 0.1) is 5.41 Å². The zero-order valence-electron chi connectivity index (χ0n) is 10.6. The highest BCUT2D eigenvalue weighted by Crippen LogP contribution is 2.56. The number of fused-ring (bicyclic) bond motifs is 2. The van der Waals surface area contributed by atoms with Crippen LogP contribution in [0, 0.1) is 5.41 Å². The van der Waals surface area contributed by atoms with Gasteiger partial charge in [0.2, 0.25) is 5.91 Å². The predicted molar refractivity (Wildman–Crippen MR) is 63.2 cm³/mol. The maximum atomic E-state index is 13.1. The third-order valence-corrected chi connectivity index (χ3v) is 5.13. The summed E-state index contributed by atoms with van der Waals surface area (Å²) in [4.78, 5) is 14.2. The monoisotopic (exact) mass is 258 g/mol. The van der Waals surface area contributed by atoms with Gasteiger partial charge in [0, 0.05) is 31.5 Å². The Bertz CT molecular complexity index is 365. The number of hydrogen-bond donors (Lipinski definition) is 1. The number of carbonyl (C=O) groups is 1. The van der Waals surface area contributed by atoms with Crippen molar-refractivity contribution < 1.29 is 13.6 Å². The van der Waals surface area contributed by atoms with E-state index in [9.17, 15) is 13.6 Å². The summed E-state index contributed by atoms with van der Waals surface area (Å²) in [6.07, 6.45) is 3.87. The second kappa shape index (κ2) is 3.65. The molecule has 18 heavy (non-hydrogen) atoms. The fourth-order valence-electron chi connectivity index (χ4n) is 3.92. The minimum atomic E-state index is -2.59. The van der Waals surface area contributed by atoms with Crippen LogP contribution >= 0.6 is 0 Å². The van der Waals surface area contributed by atoms with E-state index in [0.717, 1.165) is 32.1 Å². The molecule has 1 heterocycles. The van der Waals surface area contributed by atoms with Crippen LogP contribution in [0.1, 0.15) is 44.9 Å². The number of piperidine rings is 1. The van der Waals surface area contributed by atoms with E-state index in [4.69, 9.17) is 5.73 Å². The van der Waals surface area contributed by atoms with Gasteiger partial charge in [-0.25, -0.2) is 8.78 Å².